The van der Waals surface area contributed by atoms with E-state index in [-0.39, 0.29) is 11.5 Å². The second-order valence-electron chi connectivity index (χ2n) is 3.39. The van der Waals surface area contributed by atoms with E-state index in [1.807, 2.05) is 0 Å². The van der Waals surface area contributed by atoms with E-state index in [1.165, 1.54) is 6.42 Å². The Hall–Kier alpha value is -0.0100. The number of rotatable bonds is 2. The van der Waals surface area contributed by atoms with Gasteiger partial charge in [0, 0.05) is 7.11 Å². The van der Waals surface area contributed by atoms with Gasteiger partial charge in [-0.3, -0.25) is 0 Å². The molecule has 12 heavy (non-hydrogen) atoms. The van der Waals surface area contributed by atoms with Gasteiger partial charge >= 0.3 is 0 Å². The lowest BCUT2D eigenvalue weighted by atomic mass is 9.86. The van der Waals surface area contributed by atoms with Gasteiger partial charge in [0.1, 0.15) is 0 Å². The van der Waals surface area contributed by atoms with E-state index in [9.17, 15) is 0 Å². The third-order valence-electron chi connectivity index (χ3n) is 2.52. The lowest BCUT2D eigenvalue weighted by Crippen LogP contribution is -2.31. The van der Waals surface area contributed by atoms with Crippen LogP contribution in [-0.4, -0.2) is 18.6 Å². The minimum Gasteiger partial charge on any atom is -0.380 e. The highest BCUT2D eigenvalue weighted by Gasteiger charge is 2.27. The summed E-state index contributed by atoms with van der Waals surface area (Å²) >= 11 is 6.10. The van der Waals surface area contributed by atoms with Crippen molar-refractivity contribution in [2.24, 2.45) is 5.92 Å². The van der Waals surface area contributed by atoms with Crippen LogP contribution < -0.4 is 0 Å². The Bertz CT molecular complexity index is 156. The monoisotopic (exact) mass is 188 g/mol. The number of hydrogen-bond donors (Lipinski definition) is 0. The highest BCUT2D eigenvalue weighted by atomic mass is 35.5. The van der Waals surface area contributed by atoms with Crippen molar-refractivity contribution in [1.82, 2.24) is 0 Å². The lowest BCUT2D eigenvalue weighted by molar-refractivity contribution is 0.0624. The van der Waals surface area contributed by atoms with E-state index in [4.69, 9.17) is 16.3 Å². The average molecular weight is 189 g/mol. The van der Waals surface area contributed by atoms with Crippen LogP contribution in [-0.2, 0) is 4.74 Å². The highest BCUT2D eigenvalue weighted by molar-refractivity contribution is 6.21. The van der Waals surface area contributed by atoms with Crippen molar-refractivity contribution in [2.45, 2.75) is 37.7 Å². The Kier molecular flexibility index (Phi) is 4.10. The lowest BCUT2D eigenvalue weighted by Gasteiger charge is -2.30. The Morgan fingerprint density at radius 3 is 2.75 bits per heavy atom. The molecule has 0 bridgehead atoms. The highest BCUT2D eigenvalue weighted by Crippen LogP contribution is 2.30. The van der Waals surface area contributed by atoms with Crippen LogP contribution in [0.2, 0.25) is 0 Å². The second kappa shape index (κ2) is 4.88. The number of allylic oxidation sites excluding steroid dienone is 2. The molecule has 1 aliphatic carbocycles. The summed E-state index contributed by atoms with van der Waals surface area (Å²) in [6, 6.07) is 0. The smallest absolute Gasteiger partial charge is 0.0740 e. The van der Waals surface area contributed by atoms with Gasteiger partial charge in [0.15, 0.2) is 0 Å². The predicted molar refractivity (Wildman–Crippen MR) is 52.6 cm³/mol. The summed E-state index contributed by atoms with van der Waals surface area (Å²) < 4.78 is 5.31. The van der Waals surface area contributed by atoms with E-state index in [2.05, 4.69) is 19.1 Å². The Labute approximate surface area is 79.7 Å². The zero-order valence-electron chi connectivity index (χ0n) is 7.79. The summed E-state index contributed by atoms with van der Waals surface area (Å²) in [5.41, 5.74) is 0. The van der Waals surface area contributed by atoms with E-state index >= 15 is 0 Å². The van der Waals surface area contributed by atoms with Gasteiger partial charge in [0.05, 0.1) is 11.5 Å². The van der Waals surface area contributed by atoms with Gasteiger partial charge in [-0.1, -0.05) is 12.2 Å². The van der Waals surface area contributed by atoms with Crippen LogP contribution in [0.1, 0.15) is 26.2 Å². The van der Waals surface area contributed by atoms with Crippen molar-refractivity contribution in [3.05, 3.63) is 12.2 Å². The summed E-state index contributed by atoms with van der Waals surface area (Å²) in [6.45, 7) is 2.06. The van der Waals surface area contributed by atoms with Crippen molar-refractivity contribution in [3.63, 3.8) is 0 Å². The molecule has 3 atom stereocenters. The molecule has 1 saturated carbocycles. The SMILES string of the molecule is CC=CC1CCC(Cl)C(OC)C1. The van der Waals surface area contributed by atoms with Gasteiger partial charge in [-0.2, -0.15) is 0 Å². The Morgan fingerprint density at radius 1 is 1.42 bits per heavy atom. The van der Waals surface area contributed by atoms with Gasteiger partial charge in [0.2, 0.25) is 0 Å². The zero-order valence-corrected chi connectivity index (χ0v) is 8.55. The van der Waals surface area contributed by atoms with Crippen LogP contribution >= 0.6 is 11.6 Å². The summed E-state index contributed by atoms with van der Waals surface area (Å²) in [4.78, 5) is 0. The maximum atomic E-state index is 6.10. The van der Waals surface area contributed by atoms with E-state index in [1.54, 1.807) is 7.11 Å². The summed E-state index contributed by atoms with van der Waals surface area (Å²) in [6.07, 6.45) is 7.99. The molecule has 0 saturated heterocycles. The fourth-order valence-corrected chi connectivity index (χ4v) is 2.15. The molecule has 0 aromatic heterocycles. The number of alkyl halides is 1. The fraction of sp³-hybridized carbons (Fsp3) is 0.800. The largest absolute Gasteiger partial charge is 0.380 e. The maximum absolute atomic E-state index is 6.10. The molecule has 3 unspecified atom stereocenters. The molecule has 1 fully saturated rings. The first-order chi connectivity index (χ1) is 5.77. The normalized spacial score (nSPS) is 37.4. The van der Waals surface area contributed by atoms with Crippen LogP contribution in [0.4, 0.5) is 0 Å². The first kappa shape index (κ1) is 10.1. The van der Waals surface area contributed by atoms with Crippen LogP contribution in [0.5, 0.6) is 0 Å². The number of hydrogen-bond acceptors (Lipinski definition) is 1. The quantitative estimate of drug-likeness (QED) is 0.478. The van der Waals surface area contributed by atoms with Crippen LogP contribution in [0.3, 0.4) is 0 Å². The molecule has 0 radical (unpaired) electrons. The number of ether oxygens (including phenoxy) is 1. The first-order valence-corrected chi connectivity index (χ1v) is 5.01. The summed E-state index contributed by atoms with van der Waals surface area (Å²) in [7, 11) is 1.75. The van der Waals surface area contributed by atoms with Gasteiger partial charge in [0.25, 0.3) is 0 Å². The fourth-order valence-electron chi connectivity index (χ4n) is 1.81. The molecule has 1 aliphatic rings. The zero-order chi connectivity index (χ0) is 8.97. The van der Waals surface area contributed by atoms with Crippen molar-refractivity contribution >= 4 is 11.6 Å². The molecule has 0 aliphatic heterocycles. The van der Waals surface area contributed by atoms with Gasteiger partial charge in [-0.25, -0.2) is 0 Å². The van der Waals surface area contributed by atoms with Crippen molar-refractivity contribution in [2.75, 3.05) is 7.11 Å². The molecule has 0 aromatic rings. The first-order valence-electron chi connectivity index (χ1n) is 4.57. The Morgan fingerprint density at radius 2 is 2.17 bits per heavy atom. The van der Waals surface area contributed by atoms with Crippen LogP contribution in [0, 0.1) is 5.92 Å². The molecule has 1 nitrogen and oxygen atoms in total. The van der Waals surface area contributed by atoms with E-state index in [0.717, 1.165) is 12.8 Å². The third kappa shape index (κ3) is 2.49. The molecule has 0 spiro atoms. The molecule has 1 rings (SSSR count). The van der Waals surface area contributed by atoms with Crippen molar-refractivity contribution < 1.29 is 4.74 Å². The van der Waals surface area contributed by atoms with Crippen LogP contribution in [0.15, 0.2) is 12.2 Å². The molecule has 0 N–H and O–H groups in total. The van der Waals surface area contributed by atoms with E-state index < -0.39 is 0 Å². The average Bonchev–Trinajstić information content (AvgIpc) is 2.09. The number of halogens is 1. The number of methoxy groups -OCH3 is 1. The second-order valence-corrected chi connectivity index (χ2v) is 3.95. The Balaban J connectivity index is 2.43. The molecule has 0 amide bonds. The van der Waals surface area contributed by atoms with Gasteiger partial charge in [-0.15, -0.1) is 11.6 Å². The molecule has 70 valence electrons. The standard InChI is InChI=1S/C10H17ClO/c1-3-4-8-5-6-9(11)10(7-8)12-2/h3-4,8-10H,5-7H2,1-2H3. The molecule has 0 aromatic carbocycles. The van der Waals surface area contributed by atoms with Crippen LogP contribution in [0.25, 0.3) is 0 Å². The minimum absolute atomic E-state index is 0.219. The summed E-state index contributed by atoms with van der Waals surface area (Å²) in [5, 5.41) is 0.219. The van der Waals surface area contributed by atoms with E-state index in [0.29, 0.717) is 5.92 Å². The maximum Gasteiger partial charge on any atom is 0.0740 e. The van der Waals surface area contributed by atoms with Crippen molar-refractivity contribution in [1.29, 1.82) is 0 Å². The molecular weight excluding hydrogens is 172 g/mol. The summed E-state index contributed by atoms with van der Waals surface area (Å²) in [5.74, 6) is 0.676. The predicted octanol–water partition coefficient (Wildman–Crippen LogP) is 2.99. The van der Waals surface area contributed by atoms with Gasteiger partial charge in [-0.05, 0) is 32.1 Å². The molecular formula is C10H17ClO. The third-order valence-corrected chi connectivity index (χ3v) is 3.02. The molecule has 0 heterocycles. The molecule has 2 heteroatoms. The minimum atomic E-state index is 0.219. The topological polar surface area (TPSA) is 9.23 Å². The van der Waals surface area contributed by atoms with Crippen molar-refractivity contribution in [3.8, 4) is 0 Å². The van der Waals surface area contributed by atoms with Gasteiger partial charge < -0.3 is 4.74 Å².